The SMILES string of the molecule is CCCN(NC(=O)[C@@H]1C[C@@H](OCc2ccccc2)CN1C(=O)[C@@H](NC(=O)[C@@H](NC(=O)[C@@H](CCC(=O)O)NC(=O)[C@H](CC(=O)O)NC(C)=O)[C@@H](C)CC)C(C)C)C(=O)N[C@@H](CC)c1ccccc1. The summed E-state index contributed by atoms with van der Waals surface area (Å²) >= 11 is 0. The lowest BCUT2D eigenvalue weighted by atomic mass is 9.95. The molecular formula is C47H68N8O12. The number of carboxylic acids is 2. The van der Waals surface area contributed by atoms with Crippen LogP contribution in [0.2, 0.25) is 0 Å². The maximum atomic E-state index is 14.7. The number of hydrogen-bond donors (Lipinski definition) is 8. The molecule has 0 unspecified atom stereocenters. The molecule has 0 aliphatic carbocycles. The summed E-state index contributed by atoms with van der Waals surface area (Å²) in [4.78, 5) is 120. The van der Waals surface area contributed by atoms with E-state index in [4.69, 9.17) is 4.74 Å². The number of carbonyl (C=O) groups excluding carboxylic acids is 7. The zero-order valence-corrected chi connectivity index (χ0v) is 39.4. The van der Waals surface area contributed by atoms with E-state index in [-0.39, 0.29) is 32.2 Å². The van der Waals surface area contributed by atoms with Gasteiger partial charge in [-0.3, -0.25) is 43.8 Å². The number of amides is 8. The van der Waals surface area contributed by atoms with E-state index in [0.29, 0.717) is 19.3 Å². The molecule has 20 nitrogen and oxygen atoms in total. The van der Waals surface area contributed by atoms with Crippen LogP contribution in [0.5, 0.6) is 0 Å². The molecule has 2 aromatic carbocycles. The van der Waals surface area contributed by atoms with Crippen LogP contribution >= 0.6 is 0 Å². The molecule has 0 aromatic heterocycles. The number of benzene rings is 2. The highest BCUT2D eigenvalue weighted by molar-refractivity contribution is 5.97. The molecule has 1 heterocycles. The molecule has 3 rings (SSSR count). The number of carbonyl (C=O) groups is 9. The van der Waals surface area contributed by atoms with Crippen molar-refractivity contribution in [3.05, 3.63) is 71.8 Å². The van der Waals surface area contributed by atoms with Crippen molar-refractivity contribution >= 4 is 53.4 Å². The first kappa shape index (κ1) is 54.8. The lowest BCUT2D eigenvalue weighted by molar-refractivity contribution is -0.144. The number of nitrogens with zero attached hydrogens (tertiary/aromatic N) is 2. The fraction of sp³-hybridized carbons (Fsp3) is 0.553. The van der Waals surface area contributed by atoms with Gasteiger partial charge in [0.25, 0.3) is 5.91 Å². The van der Waals surface area contributed by atoms with Crippen LogP contribution in [-0.2, 0) is 49.7 Å². The summed E-state index contributed by atoms with van der Waals surface area (Å²) in [6.07, 6.45) is -1.02. The quantitative estimate of drug-likeness (QED) is 0.0668. The predicted molar refractivity (Wildman–Crippen MR) is 245 cm³/mol. The predicted octanol–water partition coefficient (Wildman–Crippen LogP) is 2.78. The Morgan fingerprint density at radius 1 is 0.746 bits per heavy atom. The zero-order chi connectivity index (χ0) is 49.8. The van der Waals surface area contributed by atoms with E-state index in [2.05, 4.69) is 32.0 Å². The first-order valence-electron chi connectivity index (χ1n) is 22.8. The van der Waals surface area contributed by atoms with Gasteiger partial charge < -0.3 is 46.4 Å². The third-order valence-electron chi connectivity index (χ3n) is 11.4. The average molecular weight is 937 g/mol. The van der Waals surface area contributed by atoms with Crippen molar-refractivity contribution in [1.82, 2.24) is 41.9 Å². The Bertz CT molecular complexity index is 1990. The molecule has 0 saturated carbocycles. The molecule has 67 heavy (non-hydrogen) atoms. The summed E-state index contributed by atoms with van der Waals surface area (Å²) in [5.74, 6) is -8.69. The van der Waals surface area contributed by atoms with Gasteiger partial charge in [-0.1, -0.05) is 109 Å². The van der Waals surface area contributed by atoms with Crippen LogP contribution in [0.1, 0.15) is 111 Å². The third-order valence-corrected chi connectivity index (χ3v) is 11.4. The standard InChI is InChI=1S/C47H68N8O12/c1-8-23-55(47(66)50-34(10-3)32-19-15-12-16-20-32)53-44(63)37-24-33(67-27-31-17-13-11-14-18-31)26-54(37)46(65)40(28(4)5)51-45(64)41(29(6)9-2)52-42(61)35(21-22-38(57)58)49-43(62)36(25-39(59)60)48-30(7)56/h11-20,28-29,33-37,40-41H,8-10,21-27H2,1-7H3,(H,48,56)(H,49,62)(H,50,66)(H,51,64)(H,52,61)(H,53,63)(H,57,58)(H,59,60)/t29-,33+,34-,35+,36-,37-,40-,41-/m0/s1. The molecule has 0 bridgehead atoms. The van der Waals surface area contributed by atoms with Crippen LogP contribution < -0.4 is 32.0 Å². The van der Waals surface area contributed by atoms with Crippen LogP contribution in [0.3, 0.4) is 0 Å². The number of ether oxygens (including phenoxy) is 1. The van der Waals surface area contributed by atoms with Gasteiger partial charge in [0.1, 0.15) is 30.2 Å². The summed E-state index contributed by atoms with van der Waals surface area (Å²) in [5, 5.41) is 32.8. The van der Waals surface area contributed by atoms with Crippen molar-refractivity contribution in [1.29, 1.82) is 0 Å². The Labute approximate surface area is 391 Å². The number of hydrazine groups is 1. The largest absolute Gasteiger partial charge is 0.481 e. The Morgan fingerprint density at radius 3 is 1.91 bits per heavy atom. The van der Waals surface area contributed by atoms with E-state index in [1.54, 1.807) is 27.7 Å². The fourth-order valence-corrected chi connectivity index (χ4v) is 7.50. The Kier molecular flexibility index (Phi) is 22.2. The molecule has 0 spiro atoms. The van der Waals surface area contributed by atoms with E-state index in [1.807, 2.05) is 74.5 Å². The number of hydrogen-bond acceptors (Lipinski definition) is 10. The molecule has 1 saturated heterocycles. The highest BCUT2D eigenvalue weighted by atomic mass is 16.5. The van der Waals surface area contributed by atoms with Gasteiger partial charge in [0.2, 0.25) is 29.5 Å². The molecular weight excluding hydrogens is 869 g/mol. The number of urea groups is 1. The molecule has 1 fully saturated rings. The molecule has 0 radical (unpaired) electrons. The Balaban J connectivity index is 1.91. The van der Waals surface area contributed by atoms with Crippen molar-refractivity contribution in [2.75, 3.05) is 13.1 Å². The minimum Gasteiger partial charge on any atom is -0.481 e. The first-order chi connectivity index (χ1) is 31.8. The maximum Gasteiger partial charge on any atom is 0.336 e. The molecule has 1 aliphatic rings. The lowest BCUT2D eigenvalue weighted by Crippen LogP contribution is -2.62. The average Bonchev–Trinajstić information content (AvgIpc) is 3.73. The van der Waals surface area contributed by atoms with Crippen molar-refractivity contribution in [3.8, 4) is 0 Å². The van der Waals surface area contributed by atoms with Crippen LogP contribution in [0, 0.1) is 11.8 Å². The second-order valence-electron chi connectivity index (χ2n) is 17.1. The molecule has 20 heteroatoms. The molecule has 8 atom stereocenters. The third kappa shape index (κ3) is 17.3. The molecule has 1 aliphatic heterocycles. The van der Waals surface area contributed by atoms with Crippen molar-refractivity contribution in [3.63, 3.8) is 0 Å². The second-order valence-corrected chi connectivity index (χ2v) is 17.1. The Morgan fingerprint density at radius 2 is 1.36 bits per heavy atom. The van der Waals surface area contributed by atoms with Crippen LogP contribution in [0.25, 0.3) is 0 Å². The second kappa shape index (κ2) is 27.2. The van der Waals surface area contributed by atoms with Crippen LogP contribution in [0.15, 0.2) is 60.7 Å². The summed E-state index contributed by atoms with van der Waals surface area (Å²) in [5.41, 5.74) is 4.49. The van der Waals surface area contributed by atoms with Gasteiger partial charge in [-0.25, -0.2) is 9.80 Å². The number of nitrogens with one attached hydrogen (secondary N) is 6. The van der Waals surface area contributed by atoms with Crippen LogP contribution in [-0.4, -0.2) is 123 Å². The van der Waals surface area contributed by atoms with E-state index >= 15 is 0 Å². The zero-order valence-electron chi connectivity index (χ0n) is 39.4. The number of rotatable bonds is 25. The van der Waals surface area contributed by atoms with Gasteiger partial charge in [-0.2, -0.15) is 0 Å². The van der Waals surface area contributed by atoms with Gasteiger partial charge in [-0.15, -0.1) is 0 Å². The summed E-state index contributed by atoms with van der Waals surface area (Å²) in [6.45, 7) is 12.0. The van der Waals surface area contributed by atoms with Gasteiger partial charge in [0.15, 0.2) is 0 Å². The molecule has 368 valence electrons. The number of carboxylic acid groups (broad SMARTS) is 2. The van der Waals surface area contributed by atoms with Gasteiger partial charge in [0, 0.05) is 32.9 Å². The number of aliphatic carboxylic acids is 2. The fourth-order valence-electron chi connectivity index (χ4n) is 7.50. The lowest BCUT2D eigenvalue weighted by Gasteiger charge is -2.33. The van der Waals surface area contributed by atoms with Crippen molar-refractivity contribution < 1.29 is 58.1 Å². The monoisotopic (exact) mass is 936 g/mol. The minimum atomic E-state index is -1.60. The van der Waals surface area contributed by atoms with E-state index in [0.717, 1.165) is 18.1 Å². The van der Waals surface area contributed by atoms with Crippen molar-refractivity contribution in [2.45, 2.75) is 142 Å². The highest BCUT2D eigenvalue weighted by Gasteiger charge is 2.45. The first-order valence-corrected chi connectivity index (χ1v) is 22.8. The van der Waals surface area contributed by atoms with Crippen LogP contribution in [0.4, 0.5) is 4.79 Å². The maximum absolute atomic E-state index is 14.7. The van der Waals surface area contributed by atoms with E-state index in [9.17, 15) is 53.4 Å². The highest BCUT2D eigenvalue weighted by Crippen LogP contribution is 2.25. The minimum absolute atomic E-state index is 0.0351. The van der Waals surface area contributed by atoms with Crippen molar-refractivity contribution in [2.24, 2.45) is 11.8 Å². The molecule has 8 amide bonds. The summed E-state index contributed by atoms with van der Waals surface area (Å²) in [7, 11) is 0. The topological polar surface area (TPSA) is 282 Å². The van der Waals surface area contributed by atoms with E-state index in [1.165, 1.54) is 9.91 Å². The van der Waals surface area contributed by atoms with Gasteiger partial charge >= 0.3 is 18.0 Å². The summed E-state index contributed by atoms with van der Waals surface area (Å²) < 4.78 is 6.23. The Hall–Kier alpha value is -6.57. The number of likely N-dealkylation sites (tertiary alicyclic amines) is 1. The molecule has 2 aromatic rings. The van der Waals surface area contributed by atoms with Gasteiger partial charge in [0.05, 0.1) is 25.2 Å². The van der Waals surface area contributed by atoms with Gasteiger partial charge in [-0.05, 0) is 42.2 Å². The van der Waals surface area contributed by atoms with E-state index < -0.39 is 121 Å². The summed E-state index contributed by atoms with van der Waals surface area (Å²) in [6, 6.07) is 11.0. The smallest absolute Gasteiger partial charge is 0.336 e. The molecule has 8 N–H and O–H groups in total. The normalized spacial score (nSPS) is 17.1.